The van der Waals surface area contributed by atoms with Crippen LogP contribution < -0.4 is 5.34 Å². The molecule has 0 aliphatic carbocycles. The molecule has 0 rings (SSSR count). The van der Waals surface area contributed by atoms with Gasteiger partial charge < -0.3 is 0 Å². The molecule has 0 aliphatic rings. The van der Waals surface area contributed by atoms with E-state index in [1.54, 1.807) is 0 Å². The summed E-state index contributed by atoms with van der Waals surface area (Å²) in [4.78, 5) is 8.12. The van der Waals surface area contributed by atoms with Gasteiger partial charge in [-0.05, 0) is 0 Å². The average molecular weight is 395 g/mol. The number of nitrogens with one attached hydrogen (secondary N) is 1. The van der Waals surface area contributed by atoms with Crippen molar-refractivity contribution in [3.8, 4) is 0 Å². The predicted octanol–water partition coefficient (Wildman–Crippen LogP) is -2.58. The van der Waals surface area contributed by atoms with Crippen molar-refractivity contribution in [2.75, 3.05) is 0 Å². The van der Waals surface area contributed by atoms with Crippen LogP contribution in [0.3, 0.4) is 0 Å². The van der Waals surface area contributed by atoms with Gasteiger partial charge in [0.05, 0.1) is 0 Å². The fourth-order valence-electron chi connectivity index (χ4n) is 0. The van der Waals surface area contributed by atoms with Crippen LogP contribution in [0.5, 0.6) is 0 Å². The monoisotopic (exact) mass is 396 g/mol. The Hall–Kier alpha value is 1.52. The molecule has 0 unspecified atom stereocenters. The van der Waals surface area contributed by atoms with Crippen molar-refractivity contribution >= 4 is 27.3 Å². The standard InChI is InChI=1S/La.HNO2.Pb.2H/c;2-1-3;;;/h;1H;;;. The molecule has 0 amide bonds. The van der Waals surface area contributed by atoms with E-state index in [0.717, 1.165) is 0 Å². The molecule has 0 aliphatic heterocycles. The van der Waals surface area contributed by atoms with Crippen LogP contribution in [0.15, 0.2) is 0 Å². The molecule has 3 radical (unpaired) electrons. The van der Waals surface area contributed by atoms with Crippen molar-refractivity contribution in [2.24, 2.45) is 0 Å². The zero-order valence-corrected chi connectivity index (χ0v) is 11.7. The van der Waals surface area contributed by atoms with E-state index in [2.05, 4.69) is 0 Å². The molecular formula is H3LaNO2Pb. The third kappa shape index (κ3) is 29.7. The third-order valence-electron chi connectivity index (χ3n) is 0. The van der Waals surface area contributed by atoms with E-state index in [1.807, 2.05) is 0 Å². The Morgan fingerprint density at radius 1 is 1.60 bits per heavy atom. The Kier molecular flexibility index (Phi) is 57.0. The Labute approximate surface area is 77.2 Å². The van der Waals surface area contributed by atoms with Crippen LogP contribution in [-0.2, 0) is 0 Å². The average Bonchev–Trinajstić information content (AvgIpc) is 0.918. The Bertz CT molecular complexity index is 17.1. The van der Waals surface area contributed by atoms with Gasteiger partial charge in [0.2, 0.25) is 0 Å². The molecule has 5 heavy (non-hydrogen) atoms. The SMILES string of the molecule is O=[NH+][O-].[La].[PbH2]. The van der Waals surface area contributed by atoms with Gasteiger partial charge in [-0.25, -0.2) is 0 Å². The van der Waals surface area contributed by atoms with Crippen molar-refractivity contribution in [1.29, 1.82) is 0 Å². The van der Waals surface area contributed by atoms with E-state index in [0.29, 0.717) is 0 Å². The van der Waals surface area contributed by atoms with E-state index in [4.69, 9.17) is 10.1 Å². The van der Waals surface area contributed by atoms with Gasteiger partial charge in [0.15, 0.2) is 0 Å². The maximum atomic E-state index is 8.12. The fraction of sp³-hybridized carbons (Fsp3) is 0. The summed E-state index contributed by atoms with van der Waals surface area (Å²) in [6.45, 7) is 0. The molecule has 0 aromatic rings. The predicted molar refractivity (Wildman–Crippen MR) is 16.2 cm³/mol. The van der Waals surface area contributed by atoms with Gasteiger partial charge in [-0.2, -0.15) is 0 Å². The summed E-state index contributed by atoms with van der Waals surface area (Å²) in [7, 11) is 0. The van der Waals surface area contributed by atoms with Gasteiger partial charge >= 0.3 is 27.3 Å². The maximum absolute atomic E-state index is 8.12. The zero-order chi connectivity index (χ0) is 2.71. The van der Waals surface area contributed by atoms with E-state index in [1.165, 1.54) is 0 Å². The Balaban J connectivity index is -0.0000000200. The van der Waals surface area contributed by atoms with Crippen LogP contribution in [0, 0.1) is 45.7 Å². The van der Waals surface area contributed by atoms with Crippen LogP contribution in [0.1, 0.15) is 0 Å². The van der Waals surface area contributed by atoms with Gasteiger partial charge in [0.25, 0.3) is 0 Å². The van der Waals surface area contributed by atoms with E-state index >= 15 is 0 Å². The molecule has 0 saturated carbocycles. The van der Waals surface area contributed by atoms with Gasteiger partial charge in [-0.3, -0.25) is 10.1 Å². The second kappa shape index (κ2) is 17.8. The molecule has 0 atom stereocenters. The van der Waals surface area contributed by atoms with E-state index in [-0.39, 0.29) is 68.2 Å². The van der Waals surface area contributed by atoms with Gasteiger partial charge in [-0.15, -0.1) is 0 Å². The van der Waals surface area contributed by atoms with Gasteiger partial charge in [0.1, 0.15) is 0 Å². The molecule has 0 heterocycles. The molecule has 1 N–H and O–H groups in total. The Morgan fingerprint density at radius 3 is 1.60 bits per heavy atom. The molecule has 0 bridgehead atoms. The summed E-state index contributed by atoms with van der Waals surface area (Å²) in [5.74, 6) is 0. The molecule has 0 aromatic heterocycles. The molecule has 0 fully saturated rings. The minimum atomic E-state index is 0. The first-order valence-electron chi connectivity index (χ1n) is 0.408. The molecule has 27 valence electrons. The summed E-state index contributed by atoms with van der Waals surface area (Å²) in [5, 5.41) is 8.38. The van der Waals surface area contributed by atoms with Gasteiger partial charge in [-0.1, -0.05) is 0 Å². The third-order valence-corrected chi connectivity index (χ3v) is 0. The quantitative estimate of drug-likeness (QED) is 0.278. The minimum absolute atomic E-state index is 0. The summed E-state index contributed by atoms with van der Waals surface area (Å²) in [6.07, 6.45) is 0. The van der Waals surface area contributed by atoms with Gasteiger partial charge in [0, 0.05) is 40.9 Å². The summed E-state index contributed by atoms with van der Waals surface area (Å²) in [6, 6.07) is 0. The molecular weight excluding hydrogens is 392 g/mol. The van der Waals surface area contributed by atoms with E-state index in [9.17, 15) is 0 Å². The van der Waals surface area contributed by atoms with Crippen molar-refractivity contribution in [1.82, 2.24) is 0 Å². The molecule has 0 spiro atoms. The zero-order valence-electron chi connectivity index (χ0n) is 2.60. The molecule has 0 aromatic carbocycles. The summed E-state index contributed by atoms with van der Waals surface area (Å²) >= 11 is 0. The van der Waals surface area contributed by atoms with Crippen LogP contribution in [0.25, 0.3) is 0 Å². The van der Waals surface area contributed by atoms with Crippen LogP contribution in [-0.4, -0.2) is 27.3 Å². The van der Waals surface area contributed by atoms with Crippen molar-refractivity contribution in [3.63, 3.8) is 0 Å². The van der Waals surface area contributed by atoms with Crippen molar-refractivity contribution in [3.05, 3.63) is 10.1 Å². The fourth-order valence-corrected chi connectivity index (χ4v) is 0. The molecule has 0 saturated heterocycles. The Morgan fingerprint density at radius 2 is 1.60 bits per heavy atom. The first-order chi connectivity index (χ1) is 1.41. The molecule has 5 heteroatoms. The second-order valence-corrected chi connectivity index (χ2v) is 0.0833. The molecule has 3 nitrogen and oxygen atoms in total. The van der Waals surface area contributed by atoms with Crippen LogP contribution >= 0.6 is 0 Å². The van der Waals surface area contributed by atoms with Crippen LogP contribution in [0.4, 0.5) is 0 Å². The number of hydrogen-bond donors (Lipinski definition) is 1. The number of rotatable bonds is 0. The summed E-state index contributed by atoms with van der Waals surface area (Å²) in [5.41, 5.74) is 0. The normalized spacial score (nSPS) is 2.40. The van der Waals surface area contributed by atoms with E-state index < -0.39 is 0 Å². The first kappa shape index (κ1) is 16.0. The van der Waals surface area contributed by atoms with Crippen LogP contribution in [0.2, 0.25) is 0 Å². The topological polar surface area (TPSA) is 54.1 Å². The van der Waals surface area contributed by atoms with Crippen molar-refractivity contribution in [2.45, 2.75) is 0 Å². The summed E-state index contributed by atoms with van der Waals surface area (Å²) < 4.78 is 0. The first-order valence-corrected chi connectivity index (χ1v) is 0.408. The second-order valence-electron chi connectivity index (χ2n) is 0.0833. The number of hydrogen-bond acceptors (Lipinski definition) is 2. The van der Waals surface area contributed by atoms with Crippen molar-refractivity contribution < 1.29 is 40.9 Å².